The Hall–Kier alpha value is -1.60. The molecule has 0 aliphatic heterocycles. The summed E-state index contributed by atoms with van der Waals surface area (Å²) >= 11 is 3.44. The van der Waals surface area contributed by atoms with Crippen molar-refractivity contribution in [2.75, 3.05) is 6.61 Å². The predicted octanol–water partition coefficient (Wildman–Crippen LogP) is 3.97. The molecule has 0 aliphatic carbocycles. The minimum absolute atomic E-state index is 0.104. The molecule has 3 rings (SSSR count). The standard InChI is InChI=1S/C15H10OS2/c16-8-3-5-13-12-4-1-2-6-14(12)18-15(13)11-7-9-17-10-11/h1-2,4,6-7,9-10,16H,8H2. The Balaban J connectivity index is 2.30. The molecule has 1 N–H and O–H groups in total. The van der Waals surface area contributed by atoms with Crippen molar-refractivity contribution >= 4 is 32.8 Å². The Bertz CT molecular complexity index is 727. The Kier molecular flexibility index (Phi) is 3.16. The normalized spacial score (nSPS) is 10.3. The fraction of sp³-hybridized carbons (Fsp3) is 0.0667. The lowest BCUT2D eigenvalue weighted by Crippen LogP contribution is -1.78. The zero-order chi connectivity index (χ0) is 12.4. The first-order chi connectivity index (χ1) is 8.90. The summed E-state index contributed by atoms with van der Waals surface area (Å²) in [4.78, 5) is 1.19. The van der Waals surface area contributed by atoms with Crippen LogP contribution in [0.15, 0.2) is 41.1 Å². The molecule has 1 aromatic carbocycles. The van der Waals surface area contributed by atoms with Crippen LogP contribution >= 0.6 is 22.7 Å². The van der Waals surface area contributed by atoms with Crippen LogP contribution in [0.1, 0.15) is 5.56 Å². The van der Waals surface area contributed by atoms with Gasteiger partial charge in [0.15, 0.2) is 0 Å². The van der Waals surface area contributed by atoms with Crippen LogP contribution < -0.4 is 0 Å². The van der Waals surface area contributed by atoms with Crippen LogP contribution in [-0.4, -0.2) is 11.7 Å². The first-order valence-electron chi connectivity index (χ1n) is 5.54. The fourth-order valence-corrected chi connectivity index (χ4v) is 3.77. The van der Waals surface area contributed by atoms with Crippen molar-refractivity contribution in [2.24, 2.45) is 0 Å². The molecule has 3 aromatic rings. The van der Waals surface area contributed by atoms with Crippen molar-refractivity contribution in [3.63, 3.8) is 0 Å². The third-order valence-electron chi connectivity index (χ3n) is 2.67. The maximum absolute atomic E-state index is 8.89. The highest BCUT2D eigenvalue weighted by atomic mass is 32.1. The predicted molar refractivity (Wildman–Crippen MR) is 79.1 cm³/mol. The monoisotopic (exact) mass is 270 g/mol. The average Bonchev–Trinajstić information content (AvgIpc) is 3.03. The molecule has 3 heteroatoms. The van der Waals surface area contributed by atoms with E-state index >= 15 is 0 Å². The van der Waals surface area contributed by atoms with Crippen molar-refractivity contribution in [1.29, 1.82) is 0 Å². The topological polar surface area (TPSA) is 20.2 Å². The van der Waals surface area contributed by atoms with Gasteiger partial charge in [-0.1, -0.05) is 30.0 Å². The number of thiophene rings is 2. The third-order valence-corrected chi connectivity index (χ3v) is 4.57. The van der Waals surface area contributed by atoms with Crippen molar-refractivity contribution < 1.29 is 5.11 Å². The minimum Gasteiger partial charge on any atom is -0.384 e. The largest absolute Gasteiger partial charge is 0.384 e. The molecular weight excluding hydrogens is 260 g/mol. The highest BCUT2D eigenvalue weighted by Gasteiger charge is 2.11. The van der Waals surface area contributed by atoms with Gasteiger partial charge in [0.05, 0.1) is 10.4 Å². The van der Waals surface area contributed by atoms with Crippen LogP contribution in [0.2, 0.25) is 0 Å². The summed E-state index contributed by atoms with van der Waals surface area (Å²) in [7, 11) is 0. The van der Waals surface area contributed by atoms with E-state index in [2.05, 4.69) is 40.8 Å². The number of hydrogen-bond donors (Lipinski definition) is 1. The smallest absolute Gasteiger partial charge is 0.104 e. The molecule has 0 fully saturated rings. The summed E-state index contributed by atoms with van der Waals surface area (Å²) in [5, 5.41) is 14.3. The highest BCUT2D eigenvalue weighted by molar-refractivity contribution is 7.22. The van der Waals surface area contributed by atoms with Gasteiger partial charge in [-0.2, -0.15) is 11.3 Å². The summed E-state index contributed by atoms with van der Waals surface area (Å²) in [5.41, 5.74) is 2.24. The average molecular weight is 270 g/mol. The van der Waals surface area contributed by atoms with Crippen molar-refractivity contribution in [3.05, 3.63) is 46.7 Å². The molecule has 0 amide bonds. The Morgan fingerprint density at radius 2 is 2.06 bits per heavy atom. The molecule has 1 nitrogen and oxygen atoms in total. The number of aliphatic hydroxyl groups excluding tert-OH is 1. The van der Waals surface area contributed by atoms with E-state index in [1.165, 1.54) is 20.5 Å². The number of aliphatic hydroxyl groups is 1. The number of rotatable bonds is 1. The zero-order valence-electron chi connectivity index (χ0n) is 9.51. The molecule has 0 saturated carbocycles. The summed E-state index contributed by atoms with van der Waals surface area (Å²) < 4.78 is 1.24. The SMILES string of the molecule is OCC#Cc1c(-c2ccsc2)sc2ccccc12. The van der Waals surface area contributed by atoms with Crippen LogP contribution in [-0.2, 0) is 0 Å². The van der Waals surface area contributed by atoms with Crippen LogP contribution in [0.25, 0.3) is 20.5 Å². The van der Waals surface area contributed by atoms with Crippen LogP contribution in [0, 0.1) is 11.8 Å². The second-order valence-electron chi connectivity index (χ2n) is 3.77. The molecule has 0 atom stereocenters. The summed E-state index contributed by atoms with van der Waals surface area (Å²) in [6, 6.07) is 10.4. The molecule has 0 saturated heterocycles. The van der Waals surface area contributed by atoms with Gasteiger partial charge in [-0.25, -0.2) is 0 Å². The van der Waals surface area contributed by atoms with E-state index in [1.54, 1.807) is 22.7 Å². The first-order valence-corrected chi connectivity index (χ1v) is 7.30. The lowest BCUT2D eigenvalue weighted by atomic mass is 10.1. The number of fused-ring (bicyclic) bond motifs is 1. The van der Waals surface area contributed by atoms with Crippen LogP contribution in [0.4, 0.5) is 0 Å². The Labute approximate surface area is 113 Å². The molecule has 2 heterocycles. The number of hydrogen-bond acceptors (Lipinski definition) is 3. The van der Waals surface area contributed by atoms with Gasteiger partial charge in [0, 0.05) is 15.6 Å². The molecule has 88 valence electrons. The van der Waals surface area contributed by atoms with E-state index in [9.17, 15) is 0 Å². The summed E-state index contributed by atoms with van der Waals surface area (Å²) in [5.74, 6) is 5.85. The minimum atomic E-state index is -0.104. The first kappa shape index (κ1) is 11.5. The van der Waals surface area contributed by atoms with Gasteiger partial charge in [0.1, 0.15) is 6.61 Å². The Morgan fingerprint density at radius 1 is 1.17 bits per heavy atom. The van der Waals surface area contributed by atoms with E-state index in [4.69, 9.17) is 5.11 Å². The molecule has 0 spiro atoms. The van der Waals surface area contributed by atoms with Crippen LogP contribution in [0.3, 0.4) is 0 Å². The van der Waals surface area contributed by atoms with Crippen molar-refractivity contribution in [2.45, 2.75) is 0 Å². The highest BCUT2D eigenvalue weighted by Crippen LogP contribution is 2.38. The lowest BCUT2D eigenvalue weighted by Gasteiger charge is -1.94. The fourth-order valence-electron chi connectivity index (χ4n) is 1.89. The maximum Gasteiger partial charge on any atom is 0.104 e. The molecular formula is C15H10OS2. The van der Waals surface area contributed by atoms with E-state index in [0.717, 1.165) is 5.56 Å². The van der Waals surface area contributed by atoms with Crippen molar-refractivity contribution in [1.82, 2.24) is 0 Å². The van der Waals surface area contributed by atoms with E-state index in [0.29, 0.717) is 0 Å². The molecule has 0 bridgehead atoms. The lowest BCUT2D eigenvalue weighted by molar-refractivity contribution is 0.350. The molecule has 18 heavy (non-hydrogen) atoms. The second-order valence-corrected chi connectivity index (χ2v) is 5.61. The van der Waals surface area contributed by atoms with Gasteiger partial charge in [-0.15, -0.1) is 11.3 Å². The van der Waals surface area contributed by atoms with Crippen LogP contribution in [0.5, 0.6) is 0 Å². The van der Waals surface area contributed by atoms with Gasteiger partial charge < -0.3 is 5.11 Å². The second kappa shape index (κ2) is 4.95. The quantitative estimate of drug-likeness (QED) is 0.663. The zero-order valence-corrected chi connectivity index (χ0v) is 11.1. The number of benzene rings is 1. The molecule has 0 aliphatic rings. The molecule has 2 aromatic heterocycles. The van der Waals surface area contributed by atoms with Gasteiger partial charge in [-0.05, 0) is 22.9 Å². The van der Waals surface area contributed by atoms with Gasteiger partial charge >= 0.3 is 0 Å². The van der Waals surface area contributed by atoms with E-state index < -0.39 is 0 Å². The maximum atomic E-state index is 8.89. The van der Waals surface area contributed by atoms with Gasteiger partial charge in [-0.3, -0.25) is 0 Å². The third kappa shape index (κ3) is 1.95. The van der Waals surface area contributed by atoms with Crippen molar-refractivity contribution in [3.8, 4) is 22.3 Å². The summed E-state index contributed by atoms with van der Waals surface area (Å²) in [6.07, 6.45) is 0. The van der Waals surface area contributed by atoms with E-state index in [1.807, 2.05) is 12.1 Å². The van der Waals surface area contributed by atoms with Gasteiger partial charge in [0.2, 0.25) is 0 Å². The molecule has 0 radical (unpaired) electrons. The summed E-state index contributed by atoms with van der Waals surface area (Å²) in [6.45, 7) is -0.104. The Morgan fingerprint density at radius 3 is 2.83 bits per heavy atom. The molecule has 0 unspecified atom stereocenters. The van der Waals surface area contributed by atoms with Gasteiger partial charge in [0.25, 0.3) is 0 Å². The van der Waals surface area contributed by atoms with E-state index in [-0.39, 0.29) is 6.61 Å².